The molecule has 0 unspecified atom stereocenters. The van der Waals surface area contributed by atoms with Crippen molar-refractivity contribution in [2.45, 2.75) is 45.7 Å². The van der Waals surface area contributed by atoms with Gasteiger partial charge in [-0.15, -0.1) is 10.2 Å². The molecule has 28 heavy (non-hydrogen) atoms. The number of likely N-dealkylation sites (tertiary alicyclic amines) is 1. The SMILES string of the molecule is Cc1nnc(-c2cccc(NC(=O)[C@@H]3CCCCN3Cc3nc[nH]c3C)c2)s1. The summed E-state index contributed by atoms with van der Waals surface area (Å²) in [6, 6.07) is 7.66. The Bertz CT molecular complexity index is 965. The van der Waals surface area contributed by atoms with Gasteiger partial charge in [0.25, 0.3) is 0 Å². The summed E-state index contributed by atoms with van der Waals surface area (Å²) in [6.07, 6.45) is 4.76. The third-order valence-electron chi connectivity index (χ3n) is 5.11. The summed E-state index contributed by atoms with van der Waals surface area (Å²) >= 11 is 1.55. The molecule has 3 aromatic rings. The van der Waals surface area contributed by atoms with E-state index in [1.165, 1.54) is 0 Å². The van der Waals surface area contributed by atoms with E-state index in [0.717, 1.165) is 58.5 Å². The van der Waals surface area contributed by atoms with Gasteiger partial charge in [-0.3, -0.25) is 9.69 Å². The van der Waals surface area contributed by atoms with Crippen molar-refractivity contribution >= 4 is 22.9 Å². The second kappa shape index (κ2) is 8.20. The maximum atomic E-state index is 13.0. The van der Waals surface area contributed by atoms with Crippen LogP contribution in [0, 0.1) is 13.8 Å². The van der Waals surface area contributed by atoms with Gasteiger partial charge < -0.3 is 10.3 Å². The molecule has 0 spiro atoms. The highest BCUT2D eigenvalue weighted by molar-refractivity contribution is 7.14. The second-order valence-corrected chi connectivity index (χ2v) is 8.33. The lowest BCUT2D eigenvalue weighted by Crippen LogP contribution is -2.46. The number of nitrogens with zero attached hydrogens (tertiary/aromatic N) is 4. The van der Waals surface area contributed by atoms with E-state index in [1.54, 1.807) is 17.7 Å². The van der Waals surface area contributed by atoms with E-state index in [-0.39, 0.29) is 11.9 Å². The van der Waals surface area contributed by atoms with Crippen molar-refractivity contribution in [1.29, 1.82) is 0 Å². The van der Waals surface area contributed by atoms with E-state index in [0.29, 0.717) is 6.54 Å². The molecule has 0 radical (unpaired) electrons. The lowest BCUT2D eigenvalue weighted by atomic mass is 10.0. The number of hydrogen-bond donors (Lipinski definition) is 2. The van der Waals surface area contributed by atoms with Crippen LogP contribution in [0.15, 0.2) is 30.6 Å². The Hall–Kier alpha value is -2.58. The van der Waals surface area contributed by atoms with Crippen molar-refractivity contribution in [3.63, 3.8) is 0 Å². The predicted octanol–water partition coefficient (Wildman–Crippen LogP) is 3.54. The summed E-state index contributed by atoms with van der Waals surface area (Å²) in [6.45, 7) is 5.56. The number of carbonyl (C=O) groups is 1. The van der Waals surface area contributed by atoms with Crippen LogP contribution in [0.25, 0.3) is 10.6 Å². The van der Waals surface area contributed by atoms with Gasteiger partial charge in [-0.2, -0.15) is 0 Å². The van der Waals surface area contributed by atoms with Gasteiger partial charge in [0.05, 0.1) is 18.1 Å². The summed E-state index contributed by atoms with van der Waals surface area (Å²) in [4.78, 5) is 22.8. The molecule has 2 N–H and O–H groups in total. The molecule has 8 heteroatoms. The van der Waals surface area contributed by atoms with Gasteiger partial charge in [0.1, 0.15) is 10.0 Å². The van der Waals surface area contributed by atoms with Crippen LogP contribution in [0.4, 0.5) is 5.69 Å². The fourth-order valence-corrected chi connectivity index (χ4v) is 4.27. The minimum Gasteiger partial charge on any atom is -0.348 e. The number of amides is 1. The van der Waals surface area contributed by atoms with E-state index >= 15 is 0 Å². The first-order valence-corrected chi connectivity index (χ1v) is 10.4. The van der Waals surface area contributed by atoms with Gasteiger partial charge in [-0.25, -0.2) is 4.98 Å². The number of nitrogens with one attached hydrogen (secondary N) is 2. The van der Waals surface area contributed by atoms with Crippen molar-refractivity contribution in [3.8, 4) is 10.6 Å². The minimum atomic E-state index is -0.141. The molecule has 1 aromatic carbocycles. The van der Waals surface area contributed by atoms with E-state index < -0.39 is 0 Å². The lowest BCUT2D eigenvalue weighted by molar-refractivity contribution is -0.122. The van der Waals surface area contributed by atoms with Crippen LogP contribution in [0.1, 0.15) is 35.7 Å². The molecule has 2 aromatic heterocycles. The number of aryl methyl sites for hydroxylation is 2. The van der Waals surface area contributed by atoms with E-state index in [9.17, 15) is 4.79 Å². The molecule has 0 aliphatic carbocycles. The molecular formula is C20H24N6OS. The number of aromatic amines is 1. The highest BCUT2D eigenvalue weighted by atomic mass is 32.1. The monoisotopic (exact) mass is 396 g/mol. The Kier molecular flexibility index (Phi) is 5.50. The van der Waals surface area contributed by atoms with Crippen molar-refractivity contribution < 1.29 is 4.79 Å². The van der Waals surface area contributed by atoms with E-state index in [2.05, 4.69) is 30.4 Å². The number of carbonyl (C=O) groups excluding carboxylic acids is 1. The minimum absolute atomic E-state index is 0.0403. The Morgan fingerprint density at radius 3 is 2.96 bits per heavy atom. The van der Waals surface area contributed by atoms with Crippen LogP contribution in [-0.4, -0.2) is 43.6 Å². The molecule has 146 valence electrons. The van der Waals surface area contributed by atoms with Crippen LogP contribution < -0.4 is 5.32 Å². The third kappa shape index (κ3) is 4.13. The van der Waals surface area contributed by atoms with Gasteiger partial charge in [0, 0.05) is 23.5 Å². The topological polar surface area (TPSA) is 86.8 Å². The summed E-state index contributed by atoms with van der Waals surface area (Å²) < 4.78 is 0. The van der Waals surface area contributed by atoms with Crippen LogP contribution in [0.3, 0.4) is 0 Å². The fourth-order valence-electron chi connectivity index (χ4n) is 3.58. The number of imidazole rings is 1. The molecule has 1 atom stereocenters. The van der Waals surface area contributed by atoms with Gasteiger partial charge in [-0.1, -0.05) is 29.9 Å². The molecular weight excluding hydrogens is 372 g/mol. The number of hydrogen-bond acceptors (Lipinski definition) is 6. The van der Waals surface area contributed by atoms with Crippen LogP contribution in [-0.2, 0) is 11.3 Å². The normalized spacial score (nSPS) is 17.6. The first-order chi connectivity index (χ1) is 13.6. The molecule has 1 fully saturated rings. The maximum Gasteiger partial charge on any atom is 0.241 e. The summed E-state index contributed by atoms with van der Waals surface area (Å²) in [5.41, 5.74) is 3.82. The van der Waals surface area contributed by atoms with E-state index in [4.69, 9.17) is 0 Å². The predicted molar refractivity (Wildman–Crippen MR) is 110 cm³/mol. The smallest absolute Gasteiger partial charge is 0.241 e. The molecule has 3 heterocycles. The highest BCUT2D eigenvalue weighted by Gasteiger charge is 2.29. The first kappa shape index (κ1) is 18.8. The molecule has 0 saturated carbocycles. The van der Waals surface area contributed by atoms with E-state index in [1.807, 2.05) is 38.1 Å². The summed E-state index contributed by atoms with van der Waals surface area (Å²) in [5, 5.41) is 13.2. The van der Waals surface area contributed by atoms with Gasteiger partial charge in [0.2, 0.25) is 5.91 Å². The zero-order valence-electron chi connectivity index (χ0n) is 16.1. The maximum absolute atomic E-state index is 13.0. The second-order valence-electron chi connectivity index (χ2n) is 7.15. The number of anilines is 1. The zero-order chi connectivity index (χ0) is 19.5. The number of rotatable bonds is 5. The molecule has 0 bridgehead atoms. The average molecular weight is 397 g/mol. The van der Waals surface area contributed by atoms with Crippen molar-refractivity contribution in [1.82, 2.24) is 25.1 Å². The fraction of sp³-hybridized carbons (Fsp3) is 0.400. The Morgan fingerprint density at radius 1 is 1.32 bits per heavy atom. The van der Waals surface area contributed by atoms with Crippen molar-refractivity contribution in [2.75, 3.05) is 11.9 Å². The Balaban J connectivity index is 1.48. The summed E-state index contributed by atoms with van der Waals surface area (Å²) in [7, 11) is 0. The van der Waals surface area contributed by atoms with Crippen molar-refractivity contribution in [3.05, 3.63) is 47.0 Å². The largest absolute Gasteiger partial charge is 0.348 e. The van der Waals surface area contributed by atoms with Gasteiger partial charge in [0.15, 0.2) is 0 Å². The molecule has 7 nitrogen and oxygen atoms in total. The molecule has 1 saturated heterocycles. The summed E-state index contributed by atoms with van der Waals surface area (Å²) in [5.74, 6) is 0.0403. The lowest BCUT2D eigenvalue weighted by Gasteiger charge is -2.34. The number of piperidine rings is 1. The Labute approximate surface area is 168 Å². The molecule has 1 amide bonds. The quantitative estimate of drug-likeness (QED) is 0.689. The first-order valence-electron chi connectivity index (χ1n) is 9.54. The standard InChI is InChI=1S/C20H24N6OS/c1-13-17(22-12-21-13)11-26-9-4-3-8-18(26)19(27)23-16-7-5-6-15(10-16)20-25-24-14(2)28-20/h5-7,10,12,18H,3-4,8-9,11H2,1-2H3,(H,21,22)(H,23,27)/t18-/m0/s1. The zero-order valence-corrected chi connectivity index (χ0v) is 16.9. The molecule has 1 aliphatic heterocycles. The van der Waals surface area contributed by atoms with Crippen LogP contribution >= 0.6 is 11.3 Å². The van der Waals surface area contributed by atoms with Gasteiger partial charge >= 0.3 is 0 Å². The molecule has 1 aliphatic rings. The number of benzene rings is 1. The average Bonchev–Trinajstić information content (AvgIpc) is 3.31. The Morgan fingerprint density at radius 2 is 2.21 bits per heavy atom. The van der Waals surface area contributed by atoms with Crippen LogP contribution in [0.5, 0.6) is 0 Å². The number of H-pyrrole nitrogens is 1. The van der Waals surface area contributed by atoms with Crippen molar-refractivity contribution in [2.24, 2.45) is 0 Å². The molecule has 4 rings (SSSR count). The third-order valence-corrected chi connectivity index (χ3v) is 5.99. The number of aromatic nitrogens is 4. The highest BCUT2D eigenvalue weighted by Crippen LogP contribution is 2.26. The van der Waals surface area contributed by atoms with Gasteiger partial charge in [-0.05, 0) is 45.4 Å². The van der Waals surface area contributed by atoms with Crippen LogP contribution in [0.2, 0.25) is 0 Å².